The van der Waals surface area contributed by atoms with Crippen LogP contribution >= 0.6 is 11.3 Å². The number of ether oxygens (including phenoxy) is 2. The van der Waals surface area contributed by atoms with Crippen molar-refractivity contribution in [3.8, 4) is 11.5 Å². The van der Waals surface area contributed by atoms with E-state index in [1.165, 1.54) is 41.5 Å². The Hall–Kier alpha value is -4.77. The molecule has 3 heterocycles. The molecule has 1 saturated heterocycles. The highest BCUT2D eigenvalue weighted by molar-refractivity contribution is 7.22. The van der Waals surface area contributed by atoms with Gasteiger partial charge in [-0.2, -0.15) is 0 Å². The number of nitrogens with zero attached hydrogens (tertiary/aromatic N) is 3. The maximum absolute atomic E-state index is 13.5. The van der Waals surface area contributed by atoms with Crippen LogP contribution in [0.25, 0.3) is 16.0 Å². The minimum atomic E-state index is -1.14. The number of carbonyl (C=O) groups is 2. The van der Waals surface area contributed by atoms with Crippen molar-refractivity contribution in [2.75, 3.05) is 12.0 Å². The van der Waals surface area contributed by atoms with Gasteiger partial charge in [0.1, 0.15) is 23.4 Å². The maximum atomic E-state index is 13.5. The van der Waals surface area contributed by atoms with Crippen LogP contribution in [0.3, 0.4) is 0 Å². The normalized spacial score (nSPS) is 19.8. The lowest BCUT2D eigenvalue weighted by Crippen LogP contribution is -2.29. The van der Waals surface area contributed by atoms with Crippen LogP contribution in [0.15, 0.2) is 66.2 Å². The molecule has 0 radical (unpaired) electrons. The second kappa shape index (κ2) is 9.21. The average Bonchev–Trinajstić information content (AvgIpc) is 3.59. The summed E-state index contributed by atoms with van der Waals surface area (Å²) in [6, 6.07) is 14.8. The average molecular weight is 544 g/mol. The molecule has 2 aliphatic rings. The van der Waals surface area contributed by atoms with Crippen LogP contribution in [-0.2, 0) is 16.0 Å². The Balaban J connectivity index is 1.55. The van der Waals surface area contributed by atoms with Crippen LogP contribution in [-0.4, -0.2) is 39.9 Å². The van der Waals surface area contributed by atoms with Crippen molar-refractivity contribution in [3.63, 3.8) is 0 Å². The number of amides is 1. The molecule has 1 N–H and O–H groups in total. The van der Waals surface area contributed by atoms with Gasteiger partial charge in [0.25, 0.3) is 11.5 Å². The zero-order chi connectivity index (χ0) is 27.4. The molecule has 2 atom stereocenters. The van der Waals surface area contributed by atoms with E-state index in [1.54, 1.807) is 42.5 Å². The number of aliphatic hydroxyl groups excluding tert-OH is 1. The standard InChI is InChI=1S/C28H21N3O7S/c1-14-10-17-11-16(6-9-21(17)38-14)25(32)23-24(15-4-3-5-18(12-15)31(35)36)30(27(34)26(23)33)28-29-20-8-7-19(37-2)13-22(20)39-28/h3-9,11-14,24,32H,10H2,1-2H3/t14-,24+/m0/s1. The van der Waals surface area contributed by atoms with Gasteiger partial charge >= 0.3 is 5.91 Å². The molecule has 0 aliphatic carbocycles. The van der Waals surface area contributed by atoms with E-state index in [0.29, 0.717) is 34.6 Å². The molecule has 6 rings (SSSR count). The molecular formula is C28H21N3O7S. The van der Waals surface area contributed by atoms with E-state index in [1.807, 2.05) is 6.92 Å². The Kier molecular flexibility index (Phi) is 5.80. The number of nitro benzene ring substituents is 1. The van der Waals surface area contributed by atoms with Gasteiger partial charge < -0.3 is 14.6 Å². The van der Waals surface area contributed by atoms with Gasteiger partial charge in [0.05, 0.1) is 33.9 Å². The van der Waals surface area contributed by atoms with Crippen molar-refractivity contribution in [1.29, 1.82) is 0 Å². The van der Waals surface area contributed by atoms with Crippen molar-refractivity contribution >= 4 is 49.8 Å². The number of thiazole rings is 1. The number of nitro groups is 1. The van der Waals surface area contributed by atoms with Gasteiger partial charge in [0.2, 0.25) is 0 Å². The van der Waals surface area contributed by atoms with E-state index in [0.717, 1.165) is 10.3 Å². The highest BCUT2D eigenvalue weighted by Gasteiger charge is 2.48. The van der Waals surface area contributed by atoms with Crippen LogP contribution in [0.2, 0.25) is 0 Å². The lowest BCUT2D eigenvalue weighted by Gasteiger charge is -2.22. The highest BCUT2D eigenvalue weighted by atomic mass is 32.1. The molecule has 0 spiro atoms. The van der Waals surface area contributed by atoms with Gasteiger partial charge in [0, 0.05) is 24.1 Å². The summed E-state index contributed by atoms with van der Waals surface area (Å²) in [4.78, 5) is 43.8. The lowest BCUT2D eigenvalue weighted by atomic mass is 9.94. The van der Waals surface area contributed by atoms with Crippen LogP contribution < -0.4 is 14.4 Å². The summed E-state index contributed by atoms with van der Waals surface area (Å²) >= 11 is 1.17. The monoisotopic (exact) mass is 543 g/mol. The van der Waals surface area contributed by atoms with Gasteiger partial charge in [-0.25, -0.2) is 4.98 Å². The van der Waals surface area contributed by atoms with E-state index >= 15 is 0 Å². The molecule has 39 heavy (non-hydrogen) atoms. The number of fused-ring (bicyclic) bond motifs is 2. The minimum absolute atomic E-state index is 0.0227. The number of methoxy groups -OCH3 is 1. The fourth-order valence-corrected chi connectivity index (χ4v) is 6.02. The largest absolute Gasteiger partial charge is 0.507 e. The first kappa shape index (κ1) is 24.6. The number of rotatable bonds is 5. The first-order valence-corrected chi connectivity index (χ1v) is 12.9. The summed E-state index contributed by atoms with van der Waals surface area (Å²) in [5.41, 5.74) is 1.70. The number of aliphatic hydroxyl groups is 1. The van der Waals surface area contributed by atoms with E-state index in [2.05, 4.69) is 4.98 Å². The zero-order valence-electron chi connectivity index (χ0n) is 20.8. The molecule has 0 unspecified atom stereocenters. The van der Waals surface area contributed by atoms with Crippen LogP contribution in [0.4, 0.5) is 10.8 Å². The number of anilines is 1. The number of aromatic nitrogens is 1. The number of carbonyl (C=O) groups excluding carboxylic acids is 2. The first-order chi connectivity index (χ1) is 18.7. The quantitative estimate of drug-likeness (QED) is 0.120. The van der Waals surface area contributed by atoms with E-state index in [4.69, 9.17) is 9.47 Å². The third-order valence-electron chi connectivity index (χ3n) is 6.80. The van der Waals surface area contributed by atoms with E-state index < -0.39 is 22.7 Å². The molecule has 4 aromatic rings. The SMILES string of the molecule is COc1ccc2nc(N3C(=O)C(=O)C(=C(O)c4ccc5c(c4)C[C@H](C)O5)[C@H]3c3cccc([N+](=O)[O-])c3)sc2c1. The molecule has 1 fully saturated rings. The Labute approximate surface area is 225 Å². The summed E-state index contributed by atoms with van der Waals surface area (Å²) < 4.78 is 11.8. The van der Waals surface area contributed by atoms with Crippen molar-refractivity contribution < 1.29 is 29.1 Å². The Morgan fingerprint density at radius 2 is 2.00 bits per heavy atom. The third-order valence-corrected chi connectivity index (χ3v) is 7.82. The van der Waals surface area contributed by atoms with Gasteiger partial charge in [0.15, 0.2) is 5.13 Å². The van der Waals surface area contributed by atoms with Crippen molar-refractivity contribution in [2.45, 2.75) is 25.5 Å². The van der Waals surface area contributed by atoms with Crippen molar-refractivity contribution in [2.24, 2.45) is 0 Å². The molecule has 11 heteroatoms. The predicted molar refractivity (Wildman–Crippen MR) is 144 cm³/mol. The second-order valence-corrected chi connectivity index (χ2v) is 10.3. The Morgan fingerprint density at radius 1 is 1.18 bits per heavy atom. The van der Waals surface area contributed by atoms with E-state index in [-0.39, 0.29) is 28.3 Å². The minimum Gasteiger partial charge on any atom is -0.507 e. The third kappa shape index (κ3) is 4.07. The van der Waals surface area contributed by atoms with Gasteiger partial charge in [-0.1, -0.05) is 23.5 Å². The first-order valence-electron chi connectivity index (χ1n) is 12.0. The molecule has 1 amide bonds. The number of non-ortho nitro benzene ring substituents is 1. The zero-order valence-corrected chi connectivity index (χ0v) is 21.6. The Morgan fingerprint density at radius 3 is 2.77 bits per heavy atom. The summed E-state index contributed by atoms with van der Waals surface area (Å²) in [6.07, 6.45) is 0.611. The fraction of sp³-hybridized carbons (Fsp3) is 0.179. The van der Waals surface area contributed by atoms with Crippen LogP contribution in [0, 0.1) is 10.1 Å². The molecule has 0 bridgehead atoms. The van der Waals surface area contributed by atoms with Gasteiger partial charge in [-0.05, 0) is 54.4 Å². The number of hydrogen-bond acceptors (Lipinski definition) is 9. The summed E-state index contributed by atoms with van der Waals surface area (Å²) in [6.45, 7) is 1.93. The number of ketones is 1. The molecule has 1 aromatic heterocycles. The fourth-order valence-electron chi connectivity index (χ4n) is 5.00. The predicted octanol–water partition coefficient (Wildman–Crippen LogP) is 5.16. The van der Waals surface area contributed by atoms with Crippen LogP contribution in [0.1, 0.15) is 29.7 Å². The highest BCUT2D eigenvalue weighted by Crippen LogP contribution is 2.45. The second-order valence-electron chi connectivity index (χ2n) is 9.31. The molecule has 0 saturated carbocycles. The molecular weight excluding hydrogens is 522 g/mol. The van der Waals surface area contributed by atoms with Crippen molar-refractivity contribution in [1.82, 2.24) is 4.98 Å². The summed E-state index contributed by atoms with van der Waals surface area (Å²) in [7, 11) is 1.54. The smallest absolute Gasteiger partial charge is 0.301 e. The summed E-state index contributed by atoms with van der Waals surface area (Å²) in [5.74, 6) is -0.884. The molecule has 3 aromatic carbocycles. The lowest BCUT2D eigenvalue weighted by molar-refractivity contribution is -0.384. The number of benzene rings is 3. The van der Waals surface area contributed by atoms with Crippen LogP contribution in [0.5, 0.6) is 11.5 Å². The topological polar surface area (TPSA) is 132 Å². The number of Topliss-reactive ketones (excluding diaryl/α,β-unsaturated/α-hetero) is 1. The van der Waals surface area contributed by atoms with Gasteiger partial charge in [-0.3, -0.25) is 24.6 Å². The molecule has 10 nitrogen and oxygen atoms in total. The maximum Gasteiger partial charge on any atom is 0.301 e. The number of hydrogen-bond donors (Lipinski definition) is 1. The van der Waals surface area contributed by atoms with E-state index in [9.17, 15) is 24.8 Å². The Bertz CT molecular complexity index is 1730. The summed E-state index contributed by atoms with van der Waals surface area (Å²) in [5, 5.41) is 23.2. The van der Waals surface area contributed by atoms with Gasteiger partial charge in [-0.15, -0.1) is 0 Å². The van der Waals surface area contributed by atoms with Crippen molar-refractivity contribution in [3.05, 3.63) is 93.0 Å². The molecule has 2 aliphatic heterocycles. The molecule has 196 valence electrons.